The highest BCUT2D eigenvalue weighted by molar-refractivity contribution is 5.85. The molecule has 2 rings (SSSR count). The average Bonchev–Trinajstić information content (AvgIpc) is 2.84. The van der Waals surface area contributed by atoms with Crippen LogP contribution in [0.5, 0.6) is 0 Å². The van der Waals surface area contributed by atoms with Gasteiger partial charge < -0.3 is 15.4 Å². The lowest BCUT2D eigenvalue weighted by Crippen LogP contribution is -2.50. The zero-order valence-electron chi connectivity index (χ0n) is 14.4. The Kier molecular flexibility index (Phi) is 11.4. The minimum Gasteiger partial charge on any atom is -0.377 e. The second kappa shape index (κ2) is 11.5. The van der Waals surface area contributed by atoms with Crippen molar-refractivity contribution < 1.29 is 9.53 Å². The van der Waals surface area contributed by atoms with Gasteiger partial charge in [0.05, 0.1) is 12.7 Å². The van der Waals surface area contributed by atoms with Crippen molar-refractivity contribution in [1.82, 2.24) is 9.80 Å². The van der Waals surface area contributed by atoms with Gasteiger partial charge in [0.15, 0.2) is 0 Å². The highest BCUT2D eigenvalue weighted by Crippen LogP contribution is 2.27. The molecule has 2 fully saturated rings. The summed E-state index contributed by atoms with van der Waals surface area (Å²) in [5.41, 5.74) is 6.07. The van der Waals surface area contributed by atoms with Gasteiger partial charge in [-0.2, -0.15) is 0 Å². The topological polar surface area (TPSA) is 58.8 Å². The molecule has 0 aromatic rings. The Morgan fingerprint density at radius 3 is 2.35 bits per heavy atom. The van der Waals surface area contributed by atoms with Crippen molar-refractivity contribution in [2.24, 2.45) is 11.7 Å². The SMILES string of the molecule is CC(C)OCCN1CCN(C(=O)C[C@@H]2CCC[C@H]2N)CC1.Cl.Cl. The quantitative estimate of drug-likeness (QED) is 0.776. The van der Waals surface area contributed by atoms with Gasteiger partial charge in [0.1, 0.15) is 0 Å². The van der Waals surface area contributed by atoms with Crippen LogP contribution in [-0.2, 0) is 9.53 Å². The normalized spacial score (nSPS) is 25.1. The maximum Gasteiger partial charge on any atom is 0.222 e. The molecule has 1 heterocycles. The molecule has 2 atom stereocenters. The van der Waals surface area contributed by atoms with Gasteiger partial charge >= 0.3 is 0 Å². The summed E-state index contributed by atoms with van der Waals surface area (Å²) in [4.78, 5) is 16.7. The first kappa shape index (κ1) is 22.9. The standard InChI is InChI=1S/C16H31N3O2.2ClH/c1-13(2)21-11-10-18-6-8-19(9-7-18)16(20)12-14-4-3-5-15(14)17;;/h13-15H,3-12,17H2,1-2H3;2*1H/t14-,15+;;/m0../s1. The predicted molar refractivity (Wildman–Crippen MR) is 98.5 cm³/mol. The Balaban J connectivity index is 0.00000242. The van der Waals surface area contributed by atoms with Crippen molar-refractivity contribution in [3.8, 4) is 0 Å². The van der Waals surface area contributed by atoms with E-state index in [4.69, 9.17) is 10.5 Å². The first-order valence-corrected chi connectivity index (χ1v) is 8.43. The number of carbonyl (C=O) groups is 1. The summed E-state index contributed by atoms with van der Waals surface area (Å²) in [6.45, 7) is 9.49. The van der Waals surface area contributed by atoms with Crippen LogP contribution in [0.4, 0.5) is 0 Å². The maximum absolute atomic E-state index is 12.3. The fraction of sp³-hybridized carbons (Fsp3) is 0.938. The van der Waals surface area contributed by atoms with Gasteiger partial charge in [0.25, 0.3) is 0 Å². The molecule has 5 nitrogen and oxygen atoms in total. The van der Waals surface area contributed by atoms with E-state index in [1.807, 2.05) is 4.90 Å². The second-order valence-corrected chi connectivity index (χ2v) is 6.70. The van der Waals surface area contributed by atoms with Crippen molar-refractivity contribution in [3.63, 3.8) is 0 Å². The molecular formula is C16H33Cl2N3O2. The van der Waals surface area contributed by atoms with Crippen LogP contribution < -0.4 is 5.73 Å². The van der Waals surface area contributed by atoms with Crippen LogP contribution in [0.15, 0.2) is 0 Å². The lowest BCUT2D eigenvalue weighted by atomic mass is 9.99. The molecule has 1 aliphatic carbocycles. The Morgan fingerprint density at radius 2 is 1.83 bits per heavy atom. The number of piperazine rings is 1. The average molecular weight is 370 g/mol. The predicted octanol–water partition coefficient (Wildman–Crippen LogP) is 1.92. The molecule has 0 radical (unpaired) electrons. The number of amides is 1. The molecule has 7 heteroatoms. The molecule has 1 saturated carbocycles. The summed E-state index contributed by atoms with van der Waals surface area (Å²) >= 11 is 0. The zero-order valence-corrected chi connectivity index (χ0v) is 16.0. The molecule has 1 saturated heterocycles. The molecule has 0 aromatic heterocycles. The molecule has 0 bridgehead atoms. The van der Waals surface area contributed by atoms with E-state index in [1.165, 1.54) is 6.42 Å². The Hall–Kier alpha value is -0.0700. The van der Waals surface area contributed by atoms with Crippen molar-refractivity contribution in [2.45, 2.75) is 51.7 Å². The Bertz CT molecular complexity index is 337. The number of halogens is 2. The molecule has 0 spiro atoms. The monoisotopic (exact) mass is 369 g/mol. The van der Waals surface area contributed by atoms with Crippen LogP contribution in [0.25, 0.3) is 0 Å². The van der Waals surface area contributed by atoms with Gasteiger partial charge in [-0.05, 0) is 32.6 Å². The molecule has 1 aliphatic heterocycles. The number of hydrogen-bond acceptors (Lipinski definition) is 4. The molecule has 138 valence electrons. The van der Waals surface area contributed by atoms with Gasteiger partial charge in [-0.15, -0.1) is 24.8 Å². The smallest absolute Gasteiger partial charge is 0.222 e. The van der Waals surface area contributed by atoms with Crippen LogP contribution in [0.3, 0.4) is 0 Å². The molecular weight excluding hydrogens is 337 g/mol. The van der Waals surface area contributed by atoms with Crippen LogP contribution >= 0.6 is 24.8 Å². The van der Waals surface area contributed by atoms with E-state index in [-0.39, 0.29) is 30.9 Å². The molecule has 2 aliphatic rings. The van der Waals surface area contributed by atoms with Gasteiger partial charge in [0, 0.05) is 45.2 Å². The number of rotatable bonds is 6. The molecule has 23 heavy (non-hydrogen) atoms. The lowest BCUT2D eigenvalue weighted by Gasteiger charge is -2.35. The Morgan fingerprint density at radius 1 is 1.17 bits per heavy atom. The molecule has 2 N–H and O–H groups in total. The highest BCUT2D eigenvalue weighted by atomic mass is 35.5. The van der Waals surface area contributed by atoms with Gasteiger partial charge in [-0.1, -0.05) is 6.42 Å². The third kappa shape index (κ3) is 7.57. The van der Waals surface area contributed by atoms with Crippen molar-refractivity contribution in [2.75, 3.05) is 39.3 Å². The first-order valence-electron chi connectivity index (χ1n) is 8.43. The van der Waals surface area contributed by atoms with Crippen LogP contribution in [0, 0.1) is 5.92 Å². The fourth-order valence-electron chi connectivity index (χ4n) is 3.31. The van der Waals surface area contributed by atoms with Gasteiger partial charge in [0.2, 0.25) is 5.91 Å². The van der Waals surface area contributed by atoms with E-state index in [2.05, 4.69) is 18.7 Å². The largest absolute Gasteiger partial charge is 0.377 e. The van der Waals surface area contributed by atoms with Crippen molar-refractivity contribution >= 4 is 30.7 Å². The van der Waals surface area contributed by atoms with Crippen LogP contribution in [0.2, 0.25) is 0 Å². The number of nitrogens with two attached hydrogens (primary N) is 1. The fourth-order valence-corrected chi connectivity index (χ4v) is 3.31. The maximum atomic E-state index is 12.3. The molecule has 1 amide bonds. The number of ether oxygens (including phenoxy) is 1. The van der Waals surface area contributed by atoms with E-state index in [1.54, 1.807) is 0 Å². The van der Waals surface area contributed by atoms with E-state index < -0.39 is 0 Å². The summed E-state index contributed by atoms with van der Waals surface area (Å²) in [5.74, 6) is 0.713. The summed E-state index contributed by atoms with van der Waals surface area (Å²) in [6, 6.07) is 0.239. The van der Waals surface area contributed by atoms with Crippen molar-refractivity contribution in [3.05, 3.63) is 0 Å². The van der Waals surface area contributed by atoms with Crippen LogP contribution in [-0.4, -0.2) is 67.2 Å². The zero-order chi connectivity index (χ0) is 15.2. The second-order valence-electron chi connectivity index (χ2n) is 6.70. The summed E-state index contributed by atoms with van der Waals surface area (Å²) in [5, 5.41) is 0. The Labute approximate surface area is 153 Å². The third-order valence-corrected chi connectivity index (χ3v) is 4.74. The van der Waals surface area contributed by atoms with Crippen LogP contribution in [0.1, 0.15) is 39.5 Å². The molecule has 0 aromatic carbocycles. The summed E-state index contributed by atoms with van der Waals surface area (Å²) < 4.78 is 5.58. The third-order valence-electron chi connectivity index (χ3n) is 4.74. The van der Waals surface area contributed by atoms with E-state index >= 15 is 0 Å². The van der Waals surface area contributed by atoms with E-state index in [0.29, 0.717) is 24.3 Å². The summed E-state index contributed by atoms with van der Waals surface area (Å²) in [7, 11) is 0. The van der Waals surface area contributed by atoms with Gasteiger partial charge in [-0.25, -0.2) is 0 Å². The number of hydrogen-bond donors (Lipinski definition) is 1. The van der Waals surface area contributed by atoms with E-state index in [0.717, 1.165) is 52.2 Å². The number of carbonyl (C=O) groups excluding carboxylic acids is 1. The number of nitrogens with zero attached hydrogens (tertiary/aromatic N) is 2. The van der Waals surface area contributed by atoms with Crippen molar-refractivity contribution in [1.29, 1.82) is 0 Å². The lowest BCUT2D eigenvalue weighted by molar-refractivity contribution is -0.134. The molecule has 0 unspecified atom stereocenters. The minimum absolute atomic E-state index is 0. The first-order chi connectivity index (χ1) is 10.1. The highest BCUT2D eigenvalue weighted by Gasteiger charge is 2.29. The van der Waals surface area contributed by atoms with Gasteiger partial charge in [-0.3, -0.25) is 9.69 Å². The van der Waals surface area contributed by atoms with E-state index in [9.17, 15) is 4.79 Å². The summed E-state index contributed by atoms with van der Waals surface area (Å²) in [6.07, 6.45) is 4.34. The minimum atomic E-state index is 0.